The fraction of sp³-hybridized carbons (Fsp3) is 0.529. The number of likely N-dealkylation sites (tertiary alicyclic amines) is 1. The van der Waals surface area contributed by atoms with E-state index in [2.05, 4.69) is 5.32 Å². The number of carbonyl (C=O) groups excluding carboxylic acids is 2. The van der Waals surface area contributed by atoms with Crippen LogP contribution in [0.3, 0.4) is 0 Å². The van der Waals surface area contributed by atoms with Crippen LogP contribution < -0.4 is 5.32 Å². The monoisotopic (exact) mass is 354 g/mol. The highest BCUT2D eigenvalue weighted by atomic mass is 35.5. The molecule has 1 heterocycles. The van der Waals surface area contributed by atoms with Crippen molar-refractivity contribution < 1.29 is 9.59 Å². The maximum Gasteiger partial charge on any atom is 0.252 e. The van der Waals surface area contributed by atoms with Crippen molar-refractivity contribution in [2.24, 2.45) is 5.92 Å². The van der Waals surface area contributed by atoms with Gasteiger partial charge in [-0.05, 0) is 37.1 Å². The first-order valence-corrected chi connectivity index (χ1v) is 9.68. The molecule has 0 aromatic heterocycles. The molecule has 1 N–H and O–H groups in total. The highest BCUT2D eigenvalue weighted by Gasteiger charge is 2.23. The first-order valence-electron chi connectivity index (χ1n) is 7.91. The van der Waals surface area contributed by atoms with Crippen LogP contribution in [0.5, 0.6) is 0 Å². The molecule has 0 bridgehead atoms. The number of amides is 2. The Morgan fingerprint density at radius 3 is 2.91 bits per heavy atom. The van der Waals surface area contributed by atoms with E-state index in [4.69, 9.17) is 11.6 Å². The smallest absolute Gasteiger partial charge is 0.252 e. The van der Waals surface area contributed by atoms with E-state index in [0.29, 0.717) is 29.5 Å². The molecule has 1 saturated heterocycles. The van der Waals surface area contributed by atoms with Gasteiger partial charge < -0.3 is 10.2 Å². The van der Waals surface area contributed by atoms with Gasteiger partial charge in [-0.25, -0.2) is 0 Å². The normalized spacial score (nSPS) is 17.8. The molecule has 0 unspecified atom stereocenters. The van der Waals surface area contributed by atoms with Crippen molar-refractivity contribution in [3.8, 4) is 0 Å². The summed E-state index contributed by atoms with van der Waals surface area (Å²) in [4.78, 5) is 26.2. The van der Waals surface area contributed by atoms with E-state index in [-0.39, 0.29) is 11.8 Å². The minimum Gasteiger partial charge on any atom is -0.352 e. The molecule has 1 atom stereocenters. The summed E-state index contributed by atoms with van der Waals surface area (Å²) in [5, 5.41) is 3.41. The Morgan fingerprint density at radius 2 is 2.17 bits per heavy atom. The number of hydrogen-bond acceptors (Lipinski definition) is 3. The second-order valence-electron chi connectivity index (χ2n) is 5.78. The summed E-state index contributed by atoms with van der Waals surface area (Å²) in [5.41, 5.74) is 0.498. The van der Waals surface area contributed by atoms with Gasteiger partial charge in [0.15, 0.2) is 0 Å². The number of benzene rings is 1. The Kier molecular flexibility index (Phi) is 7.24. The molecule has 1 fully saturated rings. The largest absolute Gasteiger partial charge is 0.352 e. The van der Waals surface area contributed by atoms with E-state index < -0.39 is 0 Å². The van der Waals surface area contributed by atoms with E-state index in [0.717, 1.165) is 31.7 Å². The van der Waals surface area contributed by atoms with Gasteiger partial charge >= 0.3 is 0 Å². The molecule has 23 heavy (non-hydrogen) atoms. The number of nitrogens with zero attached hydrogens (tertiary/aromatic N) is 1. The number of halogens is 1. The highest BCUT2D eigenvalue weighted by molar-refractivity contribution is 7.98. The van der Waals surface area contributed by atoms with Crippen molar-refractivity contribution in [3.63, 3.8) is 0 Å². The quantitative estimate of drug-likeness (QED) is 0.854. The SMILES string of the molecule is CSCCC(=O)N1CCC[C@@H](CNC(=O)c2ccccc2Cl)C1. The zero-order chi connectivity index (χ0) is 16.7. The summed E-state index contributed by atoms with van der Waals surface area (Å²) in [5.74, 6) is 1.25. The van der Waals surface area contributed by atoms with Gasteiger partial charge in [0.25, 0.3) is 5.91 Å². The van der Waals surface area contributed by atoms with Crippen molar-refractivity contribution >= 4 is 35.2 Å². The lowest BCUT2D eigenvalue weighted by Crippen LogP contribution is -2.43. The first kappa shape index (κ1) is 18.1. The zero-order valence-corrected chi connectivity index (χ0v) is 15.0. The number of carbonyl (C=O) groups is 2. The molecule has 0 radical (unpaired) electrons. The Balaban J connectivity index is 1.82. The zero-order valence-electron chi connectivity index (χ0n) is 13.4. The highest BCUT2D eigenvalue weighted by Crippen LogP contribution is 2.18. The summed E-state index contributed by atoms with van der Waals surface area (Å²) >= 11 is 7.73. The standard InChI is InChI=1S/C17H23ClN2O2S/c1-23-10-8-16(21)20-9-4-5-13(12-20)11-19-17(22)14-6-2-3-7-15(14)18/h2-3,6-7,13H,4-5,8-12H2,1H3,(H,19,22)/t13-/m0/s1. The number of thioether (sulfide) groups is 1. The van der Waals surface area contributed by atoms with Crippen LogP contribution in [0.15, 0.2) is 24.3 Å². The summed E-state index contributed by atoms with van der Waals surface area (Å²) in [7, 11) is 0. The second kappa shape index (κ2) is 9.18. The predicted molar refractivity (Wildman–Crippen MR) is 96.1 cm³/mol. The Hall–Kier alpha value is -1.20. The van der Waals surface area contributed by atoms with E-state index in [9.17, 15) is 9.59 Å². The number of nitrogens with one attached hydrogen (secondary N) is 1. The molecule has 1 aliphatic heterocycles. The Bertz CT molecular complexity index is 553. The maximum absolute atomic E-state index is 12.2. The molecule has 126 valence electrons. The lowest BCUT2D eigenvalue weighted by Gasteiger charge is -2.33. The predicted octanol–water partition coefficient (Wildman–Crippen LogP) is 3.06. The van der Waals surface area contributed by atoms with Crippen LogP contribution >= 0.6 is 23.4 Å². The van der Waals surface area contributed by atoms with E-state index >= 15 is 0 Å². The summed E-state index contributed by atoms with van der Waals surface area (Å²) in [6, 6.07) is 7.03. The van der Waals surface area contributed by atoms with Gasteiger partial charge in [0, 0.05) is 31.8 Å². The second-order valence-corrected chi connectivity index (χ2v) is 7.17. The summed E-state index contributed by atoms with van der Waals surface area (Å²) in [6.45, 7) is 2.15. The summed E-state index contributed by atoms with van der Waals surface area (Å²) in [6.07, 6.45) is 4.64. The molecule has 2 amide bonds. The van der Waals surface area contributed by atoms with Crippen molar-refractivity contribution in [2.75, 3.05) is 31.6 Å². The van der Waals surface area contributed by atoms with Crippen LogP contribution in [0.1, 0.15) is 29.6 Å². The van der Waals surface area contributed by atoms with Crippen LogP contribution in [-0.4, -0.2) is 48.4 Å². The number of hydrogen-bond donors (Lipinski definition) is 1. The molecular weight excluding hydrogens is 332 g/mol. The number of piperidine rings is 1. The van der Waals surface area contributed by atoms with Crippen molar-refractivity contribution in [1.29, 1.82) is 0 Å². The van der Waals surface area contributed by atoms with Crippen LogP contribution in [0, 0.1) is 5.92 Å². The maximum atomic E-state index is 12.2. The molecule has 6 heteroatoms. The molecule has 1 aliphatic rings. The fourth-order valence-electron chi connectivity index (χ4n) is 2.78. The Labute approximate surface area is 146 Å². The van der Waals surface area contributed by atoms with Gasteiger partial charge in [0.05, 0.1) is 10.6 Å². The molecule has 0 spiro atoms. The van der Waals surface area contributed by atoms with Crippen LogP contribution in [0.2, 0.25) is 5.02 Å². The third-order valence-corrected chi connectivity index (χ3v) is 5.00. The molecular formula is C17H23ClN2O2S. The van der Waals surface area contributed by atoms with Gasteiger partial charge in [-0.15, -0.1) is 0 Å². The van der Waals surface area contributed by atoms with Crippen LogP contribution in [0.4, 0.5) is 0 Å². The van der Waals surface area contributed by atoms with Crippen molar-refractivity contribution in [1.82, 2.24) is 10.2 Å². The van der Waals surface area contributed by atoms with Gasteiger partial charge in [0.2, 0.25) is 5.91 Å². The van der Waals surface area contributed by atoms with Gasteiger partial charge in [-0.1, -0.05) is 23.7 Å². The lowest BCUT2D eigenvalue weighted by atomic mass is 9.97. The van der Waals surface area contributed by atoms with E-state index in [1.54, 1.807) is 36.0 Å². The minimum absolute atomic E-state index is 0.151. The molecule has 0 saturated carbocycles. The average Bonchev–Trinajstić information content (AvgIpc) is 2.58. The molecule has 0 aliphatic carbocycles. The third kappa shape index (κ3) is 5.43. The van der Waals surface area contributed by atoms with Gasteiger partial charge in [0.1, 0.15) is 0 Å². The third-order valence-electron chi connectivity index (χ3n) is 4.06. The molecule has 1 aromatic carbocycles. The minimum atomic E-state index is -0.151. The fourth-order valence-corrected chi connectivity index (χ4v) is 3.38. The van der Waals surface area contributed by atoms with Gasteiger partial charge in [-0.2, -0.15) is 11.8 Å². The number of rotatable bonds is 6. The Morgan fingerprint density at radius 1 is 1.39 bits per heavy atom. The molecule has 1 aromatic rings. The van der Waals surface area contributed by atoms with E-state index in [1.807, 2.05) is 11.2 Å². The van der Waals surface area contributed by atoms with Crippen LogP contribution in [0.25, 0.3) is 0 Å². The van der Waals surface area contributed by atoms with Crippen molar-refractivity contribution in [3.05, 3.63) is 34.9 Å². The summed E-state index contributed by atoms with van der Waals surface area (Å²) < 4.78 is 0. The van der Waals surface area contributed by atoms with Crippen LogP contribution in [-0.2, 0) is 4.79 Å². The lowest BCUT2D eigenvalue weighted by molar-refractivity contribution is -0.132. The first-order chi connectivity index (χ1) is 11.1. The van der Waals surface area contributed by atoms with Gasteiger partial charge in [-0.3, -0.25) is 9.59 Å². The molecule has 4 nitrogen and oxygen atoms in total. The van der Waals surface area contributed by atoms with E-state index in [1.165, 1.54) is 0 Å². The molecule has 2 rings (SSSR count). The topological polar surface area (TPSA) is 49.4 Å². The average molecular weight is 355 g/mol. The van der Waals surface area contributed by atoms with Crippen molar-refractivity contribution in [2.45, 2.75) is 19.3 Å².